The largest absolute Gasteiger partial charge is 0.295 e. The minimum Gasteiger partial charge on any atom is -0.295 e. The normalized spacial score (nSPS) is 39.8. The lowest BCUT2D eigenvalue weighted by atomic mass is 9.58. The molecule has 0 radical (unpaired) electrons. The Morgan fingerprint density at radius 1 is 0.667 bits per heavy atom. The SMILES string of the molecule is O=C1C=CC2(CC1)CCC1(C=CC(=O)CC1)CC2. The maximum absolute atomic E-state index is 11.3. The van der Waals surface area contributed by atoms with E-state index in [4.69, 9.17) is 0 Å². The fourth-order valence-corrected chi connectivity index (χ4v) is 3.70. The summed E-state index contributed by atoms with van der Waals surface area (Å²) in [5.74, 6) is 0.563. The zero-order chi connectivity index (χ0) is 12.6. The lowest BCUT2D eigenvalue weighted by Crippen LogP contribution is -2.35. The molecule has 0 aromatic heterocycles. The van der Waals surface area contributed by atoms with Crippen LogP contribution in [0.3, 0.4) is 0 Å². The summed E-state index contributed by atoms with van der Waals surface area (Å²) >= 11 is 0. The fraction of sp³-hybridized carbons (Fsp3) is 0.625. The van der Waals surface area contributed by atoms with Gasteiger partial charge in [0.15, 0.2) is 11.6 Å². The molecule has 3 aliphatic rings. The van der Waals surface area contributed by atoms with E-state index < -0.39 is 0 Å². The molecule has 2 nitrogen and oxygen atoms in total. The average Bonchev–Trinajstić information content (AvgIpc) is 2.41. The maximum atomic E-state index is 11.3. The van der Waals surface area contributed by atoms with Crippen molar-refractivity contribution in [3.8, 4) is 0 Å². The van der Waals surface area contributed by atoms with E-state index in [9.17, 15) is 9.59 Å². The first-order chi connectivity index (χ1) is 8.62. The summed E-state index contributed by atoms with van der Waals surface area (Å²) < 4.78 is 0. The predicted molar refractivity (Wildman–Crippen MR) is 70.1 cm³/mol. The monoisotopic (exact) mass is 244 g/mol. The van der Waals surface area contributed by atoms with Crippen molar-refractivity contribution in [2.75, 3.05) is 0 Å². The van der Waals surface area contributed by atoms with Crippen LogP contribution in [-0.2, 0) is 9.59 Å². The van der Waals surface area contributed by atoms with Gasteiger partial charge in [0.25, 0.3) is 0 Å². The van der Waals surface area contributed by atoms with Crippen LogP contribution in [0.4, 0.5) is 0 Å². The minimum atomic E-state index is 0.282. The van der Waals surface area contributed by atoms with Crippen LogP contribution in [0, 0.1) is 10.8 Å². The van der Waals surface area contributed by atoms with Crippen molar-refractivity contribution in [1.82, 2.24) is 0 Å². The zero-order valence-electron chi connectivity index (χ0n) is 10.8. The molecule has 0 aromatic rings. The van der Waals surface area contributed by atoms with Crippen molar-refractivity contribution >= 4 is 11.6 Å². The van der Waals surface area contributed by atoms with Gasteiger partial charge in [0.2, 0.25) is 0 Å². The minimum absolute atomic E-state index is 0.282. The molecule has 0 bridgehead atoms. The van der Waals surface area contributed by atoms with Crippen LogP contribution < -0.4 is 0 Å². The highest BCUT2D eigenvalue weighted by atomic mass is 16.1. The molecule has 0 atom stereocenters. The smallest absolute Gasteiger partial charge is 0.155 e. The third-order valence-electron chi connectivity index (χ3n) is 5.23. The average molecular weight is 244 g/mol. The summed E-state index contributed by atoms with van der Waals surface area (Å²) in [6, 6.07) is 0. The molecule has 0 amide bonds. The van der Waals surface area contributed by atoms with Gasteiger partial charge < -0.3 is 0 Å². The van der Waals surface area contributed by atoms with Gasteiger partial charge in [-0.25, -0.2) is 0 Å². The number of carbonyl (C=O) groups excluding carboxylic acids is 2. The molecule has 2 spiro atoms. The highest BCUT2D eigenvalue weighted by Gasteiger charge is 2.42. The van der Waals surface area contributed by atoms with Gasteiger partial charge in [-0.1, -0.05) is 12.2 Å². The number of hydrogen-bond acceptors (Lipinski definition) is 2. The molecule has 3 aliphatic carbocycles. The Morgan fingerprint density at radius 3 is 1.33 bits per heavy atom. The molecule has 0 N–H and O–H groups in total. The van der Waals surface area contributed by atoms with E-state index in [1.807, 2.05) is 0 Å². The van der Waals surface area contributed by atoms with E-state index in [1.54, 1.807) is 12.2 Å². The van der Waals surface area contributed by atoms with Crippen LogP contribution in [0.1, 0.15) is 51.4 Å². The first-order valence-electron chi connectivity index (χ1n) is 7.06. The van der Waals surface area contributed by atoms with Gasteiger partial charge >= 0.3 is 0 Å². The van der Waals surface area contributed by atoms with E-state index >= 15 is 0 Å². The van der Waals surface area contributed by atoms with Crippen molar-refractivity contribution in [3.63, 3.8) is 0 Å². The van der Waals surface area contributed by atoms with E-state index in [0.29, 0.717) is 0 Å². The van der Waals surface area contributed by atoms with Crippen molar-refractivity contribution < 1.29 is 9.59 Å². The maximum Gasteiger partial charge on any atom is 0.155 e. The number of rotatable bonds is 0. The first kappa shape index (κ1) is 11.9. The summed E-state index contributed by atoms with van der Waals surface area (Å²) in [6.45, 7) is 0. The summed E-state index contributed by atoms with van der Waals surface area (Å²) in [5.41, 5.74) is 0.572. The molecule has 0 unspecified atom stereocenters. The van der Waals surface area contributed by atoms with Crippen molar-refractivity contribution in [3.05, 3.63) is 24.3 Å². The van der Waals surface area contributed by atoms with Gasteiger partial charge in [-0.15, -0.1) is 0 Å². The molecule has 0 aliphatic heterocycles. The van der Waals surface area contributed by atoms with Crippen LogP contribution in [0.25, 0.3) is 0 Å². The van der Waals surface area contributed by atoms with Crippen molar-refractivity contribution in [2.24, 2.45) is 10.8 Å². The van der Waals surface area contributed by atoms with Gasteiger partial charge in [-0.2, -0.15) is 0 Å². The van der Waals surface area contributed by atoms with Gasteiger partial charge in [0.05, 0.1) is 0 Å². The number of carbonyl (C=O) groups is 2. The van der Waals surface area contributed by atoms with E-state index in [0.717, 1.165) is 25.7 Å². The van der Waals surface area contributed by atoms with Crippen LogP contribution in [0.2, 0.25) is 0 Å². The lowest BCUT2D eigenvalue weighted by molar-refractivity contribution is -0.117. The number of ketones is 2. The fourth-order valence-electron chi connectivity index (χ4n) is 3.70. The Kier molecular flexibility index (Phi) is 2.76. The molecule has 0 saturated heterocycles. The van der Waals surface area contributed by atoms with E-state index in [1.165, 1.54) is 25.7 Å². The Labute approximate surface area is 108 Å². The Balaban J connectivity index is 1.72. The van der Waals surface area contributed by atoms with Gasteiger partial charge in [0.1, 0.15) is 0 Å². The molecule has 0 aromatic carbocycles. The molecule has 3 rings (SSSR count). The third-order valence-corrected chi connectivity index (χ3v) is 5.23. The van der Waals surface area contributed by atoms with Crippen LogP contribution in [0.15, 0.2) is 24.3 Å². The highest BCUT2D eigenvalue weighted by molar-refractivity contribution is 5.91. The van der Waals surface area contributed by atoms with Gasteiger partial charge in [-0.3, -0.25) is 9.59 Å². The number of allylic oxidation sites excluding steroid dienone is 4. The van der Waals surface area contributed by atoms with E-state index in [2.05, 4.69) is 12.2 Å². The Bertz CT molecular complexity index is 392. The Morgan fingerprint density at radius 2 is 1.06 bits per heavy atom. The summed E-state index contributed by atoms with van der Waals surface area (Å²) in [5, 5.41) is 0. The third kappa shape index (κ3) is 2.09. The van der Waals surface area contributed by atoms with Crippen LogP contribution >= 0.6 is 0 Å². The molecule has 0 heterocycles. The predicted octanol–water partition coefficient (Wildman–Crippen LogP) is 3.37. The molecule has 1 saturated carbocycles. The molecule has 1 fully saturated rings. The molecule has 96 valence electrons. The van der Waals surface area contributed by atoms with Crippen LogP contribution in [0.5, 0.6) is 0 Å². The topological polar surface area (TPSA) is 34.1 Å². The summed E-state index contributed by atoms with van der Waals surface area (Å²) in [6.07, 6.45) is 16.1. The van der Waals surface area contributed by atoms with Gasteiger partial charge in [-0.05, 0) is 61.5 Å². The second-order valence-electron chi connectivity index (χ2n) is 6.32. The quantitative estimate of drug-likeness (QED) is 0.654. The highest BCUT2D eigenvalue weighted by Crippen LogP contribution is 2.53. The Hall–Kier alpha value is -1.18. The van der Waals surface area contributed by atoms with Crippen LogP contribution in [-0.4, -0.2) is 11.6 Å². The standard InChI is InChI=1S/C16H20O2/c17-13-1-5-15(6-2-13)9-11-16(12-10-15)7-3-14(18)4-8-16/h1,3,5,7H,2,4,6,8-12H2. The summed E-state index contributed by atoms with van der Waals surface area (Å²) in [7, 11) is 0. The summed E-state index contributed by atoms with van der Waals surface area (Å²) in [4.78, 5) is 22.6. The van der Waals surface area contributed by atoms with E-state index in [-0.39, 0.29) is 22.4 Å². The molecular weight excluding hydrogens is 224 g/mol. The molecule has 2 heteroatoms. The molecule has 18 heavy (non-hydrogen) atoms. The first-order valence-corrected chi connectivity index (χ1v) is 7.06. The van der Waals surface area contributed by atoms with Gasteiger partial charge in [0, 0.05) is 12.8 Å². The second-order valence-corrected chi connectivity index (χ2v) is 6.32. The van der Waals surface area contributed by atoms with Crippen molar-refractivity contribution in [1.29, 1.82) is 0 Å². The lowest BCUT2D eigenvalue weighted by Gasteiger charge is -2.46. The van der Waals surface area contributed by atoms with Crippen molar-refractivity contribution in [2.45, 2.75) is 51.4 Å². The zero-order valence-corrected chi connectivity index (χ0v) is 10.8. The molecular formula is C16H20O2. The second kappa shape index (κ2) is 4.18. The number of hydrogen-bond donors (Lipinski definition) is 0.